The minimum atomic E-state index is 0.704. The molecule has 0 N–H and O–H groups in total. The first-order chi connectivity index (χ1) is 5.77. The lowest BCUT2D eigenvalue weighted by molar-refractivity contribution is 0.542. The highest BCUT2D eigenvalue weighted by atomic mass is 127. The average molecular weight is 357 g/mol. The van der Waals surface area contributed by atoms with Crippen LogP contribution in [0.1, 0.15) is 0 Å². The highest BCUT2D eigenvalue weighted by Gasteiger charge is 2.10. The van der Waals surface area contributed by atoms with Gasteiger partial charge >= 0.3 is 0 Å². The van der Waals surface area contributed by atoms with Crippen molar-refractivity contribution in [3.8, 4) is 10.6 Å². The van der Waals surface area contributed by atoms with Gasteiger partial charge in [0, 0.05) is 0 Å². The molecule has 3 nitrogen and oxygen atoms in total. The highest BCUT2D eigenvalue weighted by molar-refractivity contribution is 14.1. The predicted molar refractivity (Wildman–Crippen MR) is 58.0 cm³/mol. The van der Waals surface area contributed by atoms with Crippen molar-refractivity contribution < 1.29 is 4.42 Å². The van der Waals surface area contributed by atoms with E-state index in [0.29, 0.717) is 4.67 Å². The van der Waals surface area contributed by atoms with Crippen molar-refractivity contribution in [2.75, 3.05) is 0 Å². The van der Waals surface area contributed by atoms with Crippen molar-refractivity contribution in [2.24, 2.45) is 0 Å². The van der Waals surface area contributed by atoms with Crippen LogP contribution in [0, 0.1) is 3.01 Å². The number of aromatic nitrogens is 2. The lowest BCUT2D eigenvalue weighted by Gasteiger charge is -1.86. The lowest BCUT2D eigenvalue weighted by atomic mass is 10.4. The van der Waals surface area contributed by atoms with E-state index in [-0.39, 0.29) is 0 Å². The fourth-order valence-electron chi connectivity index (χ4n) is 0.760. The van der Waals surface area contributed by atoms with Gasteiger partial charge in [-0.25, -0.2) is 0 Å². The molecule has 0 aromatic carbocycles. The first-order valence-electron chi connectivity index (χ1n) is 3.00. The predicted octanol–water partition coefficient (Wildman–Crippen LogP) is 3.17. The summed E-state index contributed by atoms with van der Waals surface area (Å²) >= 11 is 6.95. The summed E-state index contributed by atoms with van der Waals surface area (Å²) in [4.78, 5) is 0. The molecular weight excluding hydrogens is 355 g/mol. The lowest BCUT2D eigenvalue weighted by Crippen LogP contribution is -1.72. The summed E-state index contributed by atoms with van der Waals surface area (Å²) in [6, 6.07) is 1.86. The van der Waals surface area contributed by atoms with Crippen molar-refractivity contribution in [1.29, 1.82) is 0 Å². The summed E-state index contributed by atoms with van der Waals surface area (Å²) in [6.45, 7) is 0. The highest BCUT2D eigenvalue weighted by Crippen LogP contribution is 2.31. The van der Waals surface area contributed by atoms with Crippen LogP contribution in [0.3, 0.4) is 0 Å². The first-order valence-corrected chi connectivity index (χ1v) is 5.68. The molecule has 0 unspecified atom stereocenters. The van der Waals surface area contributed by atoms with Crippen LogP contribution in [0.5, 0.6) is 0 Å². The summed E-state index contributed by atoms with van der Waals surface area (Å²) in [7, 11) is 0. The fraction of sp³-hybridized carbons (Fsp3) is 0. The van der Waals surface area contributed by atoms with E-state index < -0.39 is 0 Å². The normalized spacial score (nSPS) is 10.5. The van der Waals surface area contributed by atoms with E-state index in [1.165, 1.54) is 11.3 Å². The minimum Gasteiger partial charge on any atom is -0.457 e. The Labute approximate surface area is 94.5 Å². The second kappa shape index (κ2) is 3.43. The molecule has 0 atom stereocenters. The standard InChI is InChI=1S/C6H2BrIN2OS/c7-4-3(1-2-11-4)5-9-10-6(8)12-5/h1-2H. The van der Waals surface area contributed by atoms with Gasteiger partial charge in [0.05, 0.1) is 11.8 Å². The number of rotatable bonds is 1. The number of halogens is 2. The molecule has 0 aliphatic carbocycles. The van der Waals surface area contributed by atoms with Crippen LogP contribution in [-0.2, 0) is 0 Å². The topological polar surface area (TPSA) is 38.9 Å². The van der Waals surface area contributed by atoms with E-state index >= 15 is 0 Å². The van der Waals surface area contributed by atoms with Gasteiger partial charge < -0.3 is 4.42 Å². The van der Waals surface area contributed by atoms with E-state index in [1.807, 2.05) is 6.07 Å². The molecule has 0 amide bonds. The van der Waals surface area contributed by atoms with Crippen LogP contribution in [0.25, 0.3) is 10.6 Å². The maximum atomic E-state index is 5.08. The van der Waals surface area contributed by atoms with Gasteiger partial charge in [0.15, 0.2) is 12.7 Å². The van der Waals surface area contributed by atoms with E-state index in [0.717, 1.165) is 13.6 Å². The smallest absolute Gasteiger partial charge is 0.179 e. The van der Waals surface area contributed by atoms with Crippen LogP contribution in [0.4, 0.5) is 0 Å². The van der Waals surface area contributed by atoms with E-state index in [1.54, 1.807) is 6.26 Å². The second-order valence-electron chi connectivity index (χ2n) is 1.97. The monoisotopic (exact) mass is 356 g/mol. The van der Waals surface area contributed by atoms with Crippen LogP contribution >= 0.6 is 49.9 Å². The molecule has 0 aliphatic heterocycles. The Balaban J connectivity index is 2.50. The zero-order valence-corrected chi connectivity index (χ0v) is 10.2. The maximum Gasteiger partial charge on any atom is 0.179 e. The Hall–Kier alpha value is 0.0500. The number of hydrogen-bond donors (Lipinski definition) is 0. The fourth-order valence-corrected chi connectivity index (χ4v) is 2.65. The zero-order chi connectivity index (χ0) is 8.55. The largest absolute Gasteiger partial charge is 0.457 e. The van der Waals surface area contributed by atoms with Gasteiger partial charge in [0.2, 0.25) is 0 Å². The van der Waals surface area contributed by atoms with Crippen molar-refractivity contribution in [1.82, 2.24) is 10.2 Å². The van der Waals surface area contributed by atoms with Crippen molar-refractivity contribution in [2.45, 2.75) is 0 Å². The Morgan fingerprint density at radius 3 is 2.83 bits per heavy atom. The summed E-state index contributed by atoms with van der Waals surface area (Å²) < 4.78 is 6.71. The van der Waals surface area contributed by atoms with Crippen molar-refractivity contribution in [3.63, 3.8) is 0 Å². The number of hydrogen-bond acceptors (Lipinski definition) is 4. The van der Waals surface area contributed by atoms with E-state index in [4.69, 9.17) is 4.42 Å². The third-order valence-electron chi connectivity index (χ3n) is 1.25. The molecule has 0 saturated carbocycles. The SMILES string of the molecule is Brc1occc1-c1nnc(I)s1. The van der Waals surface area contributed by atoms with Gasteiger partial charge in [0.1, 0.15) is 0 Å². The Bertz CT molecular complexity index is 400. The van der Waals surface area contributed by atoms with Crippen LogP contribution in [0.15, 0.2) is 21.4 Å². The van der Waals surface area contributed by atoms with E-state index in [9.17, 15) is 0 Å². The van der Waals surface area contributed by atoms with Gasteiger partial charge in [-0.2, -0.15) is 0 Å². The van der Waals surface area contributed by atoms with Gasteiger partial charge in [0.25, 0.3) is 0 Å². The van der Waals surface area contributed by atoms with Gasteiger partial charge in [-0.15, -0.1) is 10.2 Å². The molecule has 0 radical (unpaired) electrons. The Morgan fingerprint density at radius 1 is 1.50 bits per heavy atom. The third-order valence-corrected chi connectivity index (χ3v) is 3.48. The zero-order valence-electron chi connectivity index (χ0n) is 5.62. The minimum absolute atomic E-state index is 0.704. The number of nitrogens with zero attached hydrogens (tertiary/aromatic N) is 2. The Morgan fingerprint density at radius 2 is 2.33 bits per heavy atom. The molecule has 2 heterocycles. The molecular formula is C6H2BrIN2OS. The third kappa shape index (κ3) is 1.55. The van der Waals surface area contributed by atoms with Crippen molar-refractivity contribution >= 4 is 49.9 Å². The van der Waals surface area contributed by atoms with Gasteiger partial charge in [-0.05, 0) is 44.6 Å². The summed E-state index contributed by atoms with van der Waals surface area (Å²) in [5, 5.41) is 8.77. The molecule has 0 fully saturated rings. The molecule has 0 bridgehead atoms. The van der Waals surface area contributed by atoms with Crippen LogP contribution in [-0.4, -0.2) is 10.2 Å². The molecule has 0 spiro atoms. The van der Waals surface area contributed by atoms with Crippen molar-refractivity contribution in [3.05, 3.63) is 20.0 Å². The summed E-state index contributed by atoms with van der Waals surface area (Å²) in [5.74, 6) is 0. The van der Waals surface area contributed by atoms with E-state index in [2.05, 4.69) is 48.7 Å². The number of furan rings is 1. The molecule has 2 rings (SSSR count). The first kappa shape index (κ1) is 8.64. The molecule has 12 heavy (non-hydrogen) atoms. The quantitative estimate of drug-likeness (QED) is 0.737. The van der Waals surface area contributed by atoms with Gasteiger partial charge in [-0.3, -0.25) is 0 Å². The summed E-state index contributed by atoms with van der Waals surface area (Å²) in [5.41, 5.74) is 0.954. The molecule has 0 saturated heterocycles. The average Bonchev–Trinajstić information content (AvgIpc) is 2.58. The maximum absolute atomic E-state index is 5.08. The second-order valence-corrected chi connectivity index (χ2v) is 5.42. The molecule has 2 aromatic rings. The van der Waals surface area contributed by atoms with Crippen LogP contribution < -0.4 is 0 Å². The summed E-state index contributed by atoms with van der Waals surface area (Å²) in [6.07, 6.45) is 1.62. The molecule has 2 aromatic heterocycles. The molecule has 0 aliphatic rings. The van der Waals surface area contributed by atoms with Gasteiger partial charge in [-0.1, -0.05) is 11.3 Å². The molecule has 6 heteroatoms. The Kier molecular flexibility index (Phi) is 2.47. The van der Waals surface area contributed by atoms with Crippen LogP contribution in [0.2, 0.25) is 0 Å². The molecule has 62 valence electrons.